The van der Waals surface area contributed by atoms with E-state index in [2.05, 4.69) is 32.3 Å². The predicted molar refractivity (Wildman–Crippen MR) is 106 cm³/mol. The minimum atomic E-state index is 0.495. The van der Waals surface area contributed by atoms with Crippen molar-refractivity contribution < 1.29 is 4.74 Å². The summed E-state index contributed by atoms with van der Waals surface area (Å²) in [6, 6.07) is 7.75. The van der Waals surface area contributed by atoms with Gasteiger partial charge in [-0.25, -0.2) is 9.98 Å². The lowest BCUT2D eigenvalue weighted by atomic mass is 9.68. The standard InChI is InChI=1S/C20H28N6O/c1-3-21-19(26-12-11-20(14-26)9-4-10-20)22-13-17-23-18(25-24-17)15-5-7-16(27-2)8-6-15/h5-8H,3-4,9-14H2,1-2H3,(H,21,22)(H,23,24,25). The summed E-state index contributed by atoms with van der Waals surface area (Å²) in [5, 5.41) is 10.8. The molecule has 1 saturated carbocycles. The second-order valence-electron chi connectivity index (χ2n) is 7.53. The van der Waals surface area contributed by atoms with Crippen molar-refractivity contribution in [1.82, 2.24) is 25.4 Å². The topological polar surface area (TPSA) is 78.4 Å². The quantitative estimate of drug-likeness (QED) is 0.627. The molecule has 7 heteroatoms. The van der Waals surface area contributed by atoms with Crippen molar-refractivity contribution in [1.29, 1.82) is 0 Å². The van der Waals surface area contributed by atoms with Gasteiger partial charge in [-0.15, -0.1) is 0 Å². The highest BCUT2D eigenvalue weighted by atomic mass is 16.5. The summed E-state index contributed by atoms with van der Waals surface area (Å²) >= 11 is 0. The van der Waals surface area contributed by atoms with Gasteiger partial charge in [-0.3, -0.25) is 5.10 Å². The predicted octanol–water partition coefficient (Wildman–Crippen LogP) is 2.82. The number of guanidine groups is 1. The number of H-pyrrole nitrogens is 1. The highest BCUT2D eigenvalue weighted by Gasteiger charge is 2.43. The van der Waals surface area contributed by atoms with Crippen molar-refractivity contribution in [2.24, 2.45) is 10.4 Å². The second kappa shape index (κ2) is 7.58. The van der Waals surface area contributed by atoms with Crippen LogP contribution in [0.4, 0.5) is 0 Å². The number of nitrogens with zero attached hydrogens (tertiary/aromatic N) is 4. The number of aromatic nitrogens is 3. The molecule has 0 unspecified atom stereocenters. The van der Waals surface area contributed by atoms with Crippen LogP contribution in [0.15, 0.2) is 29.3 Å². The first-order valence-electron chi connectivity index (χ1n) is 9.80. The summed E-state index contributed by atoms with van der Waals surface area (Å²) in [7, 11) is 1.66. The van der Waals surface area contributed by atoms with Gasteiger partial charge >= 0.3 is 0 Å². The van der Waals surface area contributed by atoms with E-state index in [-0.39, 0.29) is 0 Å². The van der Waals surface area contributed by atoms with Crippen LogP contribution in [-0.2, 0) is 6.54 Å². The molecule has 0 amide bonds. The van der Waals surface area contributed by atoms with E-state index in [1.165, 1.54) is 25.7 Å². The van der Waals surface area contributed by atoms with Gasteiger partial charge in [0, 0.05) is 25.2 Å². The number of aromatic amines is 1. The molecule has 1 saturated heterocycles. The first-order valence-corrected chi connectivity index (χ1v) is 9.80. The van der Waals surface area contributed by atoms with Gasteiger partial charge in [0.25, 0.3) is 0 Å². The SMILES string of the molecule is CCNC(=NCc1nc(-c2ccc(OC)cc2)n[nH]1)N1CCC2(CCC2)C1. The Kier molecular flexibility index (Phi) is 5.01. The van der Waals surface area contributed by atoms with Crippen LogP contribution in [-0.4, -0.2) is 52.8 Å². The van der Waals surface area contributed by atoms with Crippen molar-refractivity contribution in [2.75, 3.05) is 26.7 Å². The lowest BCUT2D eigenvalue weighted by Crippen LogP contribution is -2.42. The van der Waals surface area contributed by atoms with E-state index in [1.54, 1.807) is 7.11 Å². The smallest absolute Gasteiger partial charge is 0.194 e. The zero-order valence-electron chi connectivity index (χ0n) is 16.2. The number of methoxy groups -OCH3 is 1. The van der Waals surface area contributed by atoms with E-state index in [4.69, 9.17) is 9.73 Å². The minimum Gasteiger partial charge on any atom is -0.497 e. The zero-order chi connectivity index (χ0) is 18.7. The van der Waals surface area contributed by atoms with Crippen LogP contribution in [0.1, 0.15) is 38.4 Å². The van der Waals surface area contributed by atoms with E-state index in [1.807, 2.05) is 24.3 Å². The summed E-state index contributed by atoms with van der Waals surface area (Å²) < 4.78 is 5.20. The summed E-state index contributed by atoms with van der Waals surface area (Å²) in [6.45, 7) is 5.71. The highest BCUT2D eigenvalue weighted by molar-refractivity contribution is 5.80. The molecule has 1 spiro atoms. The molecule has 4 rings (SSSR count). The molecule has 7 nitrogen and oxygen atoms in total. The van der Waals surface area contributed by atoms with E-state index in [0.717, 1.165) is 42.7 Å². The zero-order valence-corrected chi connectivity index (χ0v) is 16.2. The van der Waals surface area contributed by atoms with Crippen molar-refractivity contribution in [3.8, 4) is 17.1 Å². The van der Waals surface area contributed by atoms with Crippen LogP contribution in [0, 0.1) is 5.41 Å². The molecule has 1 aromatic heterocycles. The third-order valence-electron chi connectivity index (χ3n) is 5.75. The number of nitrogens with one attached hydrogen (secondary N) is 2. The molecule has 1 aromatic carbocycles. The van der Waals surface area contributed by atoms with E-state index in [9.17, 15) is 0 Å². The summed E-state index contributed by atoms with van der Waals surface area (Å²) in [5.41, 5.74) is 1.52. The molecule has 2 fully saturated rings. The van der Waals surface area contributed by atoms with Crippen LogP contribution in [0.2, 0.25) is 0 Å². The summed E-state index contributed by atoms with van der Waals surface area (Å²) in [5.74, 6) is 3.27. The first kappa shape index (κ1) is 17.8. The van der Waals surface area contributed by atoms with Crippen LogP contribution in [0.3, 0.4) is 0 Å². The molecule has 0 radical (unpaired) electrons. The molecular formula is C20H28N6O. The fourth-order valence-electron chi connectivity index (χ4n) is 4.01. The van der Waals surface area contributed by atoms with Gasteiger partial charge in [0.2, 0.25) is 0 Å². The molecule has 1 aliphatic carbocycles. The fourth-order valence-corrected chi connectivity index (χ4v) is 4.01. The van der Waals surface area contributed by atoms with Crippen LogP contribution in [0.25, 0.3) is 11.4 Å². The average Bonchev–Trinajstić information content (AvgIpc) is 3.32. The normalized spacial score (nSPS) is 18.6. The van der Waals surface area contributed by atoms with Crippen molar-refractivity contribution >= 4 is 5.96 Å². The second-order valence-corrected chi connectivity index (χ2v) is 7.53. The molecular weight excluding hydrogens is 340 g/mol. The molecule has 0 atom stereocenters. The van der Waals surface area contributed by atoms with Crippen LogP contribution in [0.5, 0.6) is 5.75 Å². The highest BCUT2D eigenvalue weighted by Crippen LogP contribution is 2.47. The Morgan fingerprint density at radius 2 is 2.11 bits per heavy atom. The fraction of sp³-hybridized carbons (Fsp3) is 0.550. The van der Waals surface area contributed by atoms with Gasteiger partial charge in [0.15, 0.2) is 11.8 Å². The molecule has 27 heavy (non-hydrogen) atoms. The van der Waals surface area contributed by atoms with Gasteiger partial charge in [-0.1, -0.05) is 6.42 Å². The maximum atomic E-state index is 5.20. The number of aliphatic imine (C=N–C) groups is 1. The Morgan fingerprint density at radius 1 is 1.30 bits per heavy atom. The molecule has 144 valence electrons. The summed E-state index contributed by atoms with van der Waals surface area (Å²) in [6.07, 6.45) is 5.42. The molecule has 1 aliphatic heterocycles. The molecule has 2 heterocycles. The van der Waals surface area contributed by atoms with Gasteiger partial charge in [0.05, 0.1) is 7.11 Å². The minimum absolute atomic E-state index is 0.495. The molecule has 2 aliphatic rings. The van der Waals surface area contributed by atoms with Crippen LogP contribution < -0.4 is 10.1 Å². The van der Waals surface area contributed by atoms with E-state index < -0.39 is 0 Å². The third-order valence-corrected chi connectivity index (χ3v) is 5.75. The van der Waals surface area contributed by atoms with Gasteiger partial charge < -0.3 is 15.0 Å². The van der Waals surface area contributed by atoms with E-state index in [0.29, 0.717) is 17.8 Å². The lowest BCUT2D eigenvalue weighted by molar-refractivity contribution is 0.151. The molecule has 0 bridgehead atoms. The number of hydrogen-bond donors (Lipinski definition) is 2. The maximum absolute atomic E-state index is 5.20. The Morgan fingerprint density at radius 3 is 2.74 bits per heavy atom. The van der Waals surface area contributed by atoms with E-state index >= 15 is 0 Å². The third kappa shape index (κ3) is 3.77. The van der Waals surface area contributed by atoms with Gasteiger partial charge in [-0.05, 0) is 55.9 Å². The number of hydrogen-bond acceptors (Lipinski definition) is 4. The summed E-state index contributed by atoms with van der Waals surface area (Å²) in [4.78, 5) is 11.8. The van der Waals surface area contributed by atoms with Gasteiger partial charge in [0.1, 0.15) is 18.1 Å². The van der Waals surface area contributed by atoms with Crippen molar-refractivity contribution in [3.05, 3.63) is 30.1 Å². The number of likely N-dealkylation sites (tertiary alicyclic amines) is 1. The first-order chi connectivity index (χ1) is 13.2. The number of ether oxygens (including phenoxy) is 1. The monoisotopic (exact) mass is 368 g/mol. The maximum Gasteiger partial charge on any atom is 0.194 e. The Balaban J connectivity index is 1.43. The molecule has 2 aromatic rings. The van der Waals surface area contributed by atoms with Crippen molar-refractivity contribution in [2.45, 2.75) is 39.2 Å². The Bertz CT molecular complexity index is 793. The van der Waals surface area contributed by atoms with Gasteiger partial charge in [-0.2, -0.15) is 5.10 Å². The Labute approximate surface area is 160 Å². The number of rotatable bonds is 5. The lowest BCUT2D eigenvalue weighted by Gasteiger charge is -2.38. The van der Waals surface area contributed by atoms with Crippen molar-refractivity contribution in [3.63, 3.8) is 0 Å². The largest absolute Gasteiger partial charge is 0.497 e. The molecule has 2 N–H and O–H groups in total. The number of benzene rings is 1. The average molecular weight is 368 g/mol. The Hall–Kier alpha value is -2.57. The van der Waals surface area contributed by atoms with Crippen LogP contribution >= 0.6 is 0 Å².